The number of nitrogens with zero attached hydrogens (tertiary/aromatic N) is 3. The molecule has 21 heavy (non-hydrogen) atoms. The van der Waals surface area contributed by atoms with E-state index in [-0.39, 0.29) is 18.4 Å². The molecule has 1 aromatic heterocycles. The van der Waals surface area contributed by atoms with Crippen LogP contribution in [0, 0.1) is 0 Å². The minimum absolute atomic E-state index is 0.0657. The zero-order valence-corrected chi connectivity index (χ0v) is 12.6. The molecule has 1 aromatic rings. The van der Waals surface area contributed by atoms with Gasteiger partial charge in [-0.05, 0) is 25.7 Å². The van der Waals surface area contributed by atoms with E-state index in [4.69, 9.17) is 0 Å². The zero-order valence-electron chi connectivity index (χ0n) is 12.6. The first-order chi connectivity index (χ1) is 10.1. The third kappa shape index (κ3) is 3.10. The lowest BCUT2D eigenvalue weighted by molar-refractivity contribution is -0.126. The molecule has 1 unspecified atom stereocenters. The van der Waals surface area contributed by atoms with Crippen molar-refractivity contribution < 1.29 is 9.90 Å². The average molecular weight is 292 g/mol. The SMILES string of the molecule is CCc1nc2n(n1)CCCC2NC(=O)CC1(O)CCCC1. The highest BCUT2D eigenvalue weighted by atomic mass is 16.3. The number of fused-ring (bicyclic) bond motifs is 1. The van der Waals surface area contributed by atoms with Crippen molar-refractivity contribution in [3.63, 3.8) is 0 Å². The van der Waals surface area contributed by atoms with E-state index >= 15 is 0 Å². The molecule has 1 aliphatic heterocycles. The molecule has 0 spiro atoms. The number of aromatic nitrogens is 3. The fraction of sp³-hybridized carbons (Fsp3) is 0.800. The molecule has 0 aromatic carbocycles. The van der Waals surface area contributed by atoms with Crippen LogP contribution in [0.5, 0.6) is 0 Å². The number of hydrogen-bond donors (Lipinski definition) is 2. The molecular formula is C15H24N4O2. The molecule has 1 saturated carbocycles. The summed E-state index contributed by atoms with van der Waals surface area (Å²) in [5.74, 6) is 1.63. The minimum Gasteiger partial charge on any atom is -0.389 e. The Balaban J connectivity index is 1.65. The van der Waals surface area contributed by atoms with Crippen LogP contribution in [0.25, 0.3) is 0 Å². The van der Waals surface area contributed by atoms with E-state index in [2.05, 4.69) is 15.4 Å². The second-order valence-electron chi connectivity index (χ2n) is 6.33. The Morgan fingerprint density at radius 3 is 2.90 bits per heavy atom. The summed E-state index contributed by atoms with van der Waals surface area (Å²) in [5, 5.41) is 17.8. The van der Waals surface area contributed by atoms with E-state index < -0.39 is 5.60 Å². The van der Waals surface area contributed by atoms with Gasteiger partial charge in [-0.25, -0.2) is 9.67 Å². The van der Waals surface area contributed by atoms with Crippen molar-refractivity contribution in [1.29, 1.82) is 0 Å². The Bertz CT molecular complexity index is 520. The summed E-state index contributed by atoms with van der Waals surface area (Å²) in [4.78, 5) is 16.8. The third-order valence-corrected chi connectivity index (χ3v) is 4.59. The van der Waals surface area contributed by atoms with Gasteiger partial charge in [0.05, 0.1) is 18.1 Å². The minimum atomic E-state index is -0.791. The molecular weight excluding hydrogens is 268 g/mol. The number of aryl methyl sites for hydroxylation is 2. The molecule has 1 aliphatic carbocycles. The van der Waals surface area contributed by atoms with Crippen LogP contribution in [-0.2, 0) is 17.8 Å². The van der Waals surface area contributed by atoms with Gasteiger partial charge in [0.25, 0.3) is 0 Å². The monoisotopic (exact) mass is 292 g/mol. The summed E-state index contributed by atoms with van der Waals surface area (Å²) in [5.41, 5.74) is -0.791. The van der Waals surface area contributed by atoms with Gasteiger partial charge in [-0.2, -0.15) is 5.10 Å². The maximum absolute atomic E-state index is 12.2. The highest BCUT2D eigenvalue weighted by molar-refractivity contribution is 5.77. The Hall–Kier alpha value is -1.43. The van der Waals surface area contributed by atoms with E-state index in [9.17, 15) is 9.90 Å². The van der Waals surface area contributed by atoms with E-state index in [1.54, 1.807) is 0 Å². The summed E-state index contributed by atoms with van der Waals surface area (Å²) in [6.07, 6.45) is 6.41. The predicted molar refractivity (Wildman–Crippen MR) is 77.6 cm³/mol. The molecule has 1 atom stereocenters. The van der Waals surface area contributed by atoms with Crippen molar-refractivity contribution in [2.75, 3.05) is 0 Å². The van der Waals surface area contributed by atoms with Gasteiger partial charge in [0.15, 0.2) is 5.82 Å². The van der Waals surface area contributed by atoms with Gasteiger partial charge in [-0.15, -0.1) is 0 Å². The summed E-state index contributed by atoms with van der Waals surface area (Å²) in [7, 11) is 0. The smallest absolute Gasteiger partial charge is 0.223 e. The lowest BCUT2D eigenvalue weighted by Crippen LogP contribution is -2.38. The molecule has 0 radical (unpaired) electrons. The lowest BCUT2D eigenvalue weighted by Gasteiger charge is -2.26. The molecule has 2 N–H and O–H groups in total. The van der Waals surface area contributed by atoms with Gasteiger partial charge >= 0.3 is 0 Å². The van der Waals surface area contributed by atoms with Crippen molar-refractivity contribution in [2.24, 2.45) is 0 Å². The Kier molecular flexibility index (Phi) is 3.97. The molecule has 0 bridgehead atoms. The van der Waals surface area contributed by atoms with Gasteiger partial charge in [0.2, 0.25) is 5.91 Å². The molecule has 2 aliphatic rings. The van der Waals surface area contributed by atoms with Crippen LogP contribution >= 0.6 is 0 Å². The van der Waals surface area contributed by atoms with Gasteiger partial charge in [-0.1, -0.05) is 19.8 Å². The summed E-state index contributed by atoms with van der Waals surface area (Å²) >= 11 is 0. The first-order valence-corrected chi connectivity index (χ1v) is 8.05. The van der Waals surface area contributed by atoms with E-state index in [0.717, 1.165) is 63.1 Å². The molecule has 3 rings (SSSR count). The number of rotatable bonds is 4. The molecule has 1 amide bonds. The van der Waals surface area contributed by atoms with E-state index in [1.807, 2.05) is 11.6 Å². The van der Waals surface area contributed by atoms with Crippen LogP contribution in [0.4, 0.5) is 0 Å². The van der Waals surface area contributed by atoms with Crippen LogP contribution in [-0.4, -0.2) is 31.4 Å². The maximum atomic E-state index is 12.2. The van der Waals surface area contributed by atoms with Crippen molar-refractivity contribution in [3.8, 4) is 0 Å². The largest absolute Gasteiger partial charge is 0.389 e. The highest BCUT2D eigenvalue weighted by Gasteiger charge is 2.34. The van der Waals surface area contributed by atoms with Gasteiger partial charge < -0.3 is 10.4 Å². The van der Waals surface area contributed by atoms with Crippen LogP contribution in [0.2, 0.25) is 0 Å². The molecule has 1 fully saturated rings. The lowest BCUT2D eigenvalue weighted by atomic mass is 9.97. The van der Waals surface area contributed by atoms with Crippen molar-refractivity contribution >= 4 is 5.91 Å². The average Bonchev–Trinajstić information content (AvgIpc) is 3.05. The normalized spacial score (nSPS) is 23.8. The molecule has 2 heterocycles. The first kappa shape index (κ1) is 14.5. The van der Waals surface area contributed by atoms with Crippen molar-refractivity contribution in [1.82, 2.24) is 20.1 Å². The highest BCUT2D eigenvalue weighted by Crippen LogP contribution is 2.32. The van der Waals surface area contributed by atoms with Gasteiger partial charge in [-0.3, -0.25) is 4.79 Å². The fourth-order valence-corrected chi connectivity index (χ4v) is 3.44. The summed E-state index contributed by atoms with van der Waals surface area (Å²) in [6, 6.07) is -0.0657. The van der Waals surface area contributed by atoms with Crippen molar-refractivity contribution in [3.05, 3.63) is 11.6 Å². The second-order valence-corrected chi connectivity index (χ2v) is 6.33. The van der Waals surface area contributed by atoms with Crippen LogP contribution in [0.3, 0.4) is 0 Å². The van der Waals surface area contributed by atoms with Crippen molar-refractivity contribution in [2.45, 2.75) is 76.5 Å². The number of carbonyl (C=O) groups is 1. The summed E-state index contributed by atoms with van der Waals surface area (Å²) < 4.78 is 1.91. The predicted octanol–water partition coefficient (Wildman–Crippen LogP) is 1.49. The number of hydrogen-bond acceptors (Lipinski definition) is 4. The number of amides is 1. The van der Waals surface area contributed by atoms with Gasteiger partial charge in [0.1, 0.15) is 5.82 Å². The topological polar surface area (TPSA) is 80.0 Å². The fourth-order valence-electron chi connectivity index (χ4n) is 3.44. The molecule has 0 saturated heterocycles. The number of aliphatic hydroxyl groups is 1. The van der Waals surface area contributed by atoms with Gasteiger partial charge in [0, 0.05) is 13.0 Å². The quantitative estimate of drug-likeness (QED) is 0.881. The van der Waals surface area contributed by atoms with Crippen LogP contribution in [0.1, 0.15) is 69.6 Å². The Labute approximate surface area is 124 Å². The number of nitrogens with one attached hydrogen (secondary N) is 1. The maximum Gasteiger partial charge on any atom is 0.223 e. The van der Waals surface area contributed by atoms with E-state index in [1.165, 1.54) is 0 Å². The molecule has 6 heteroatoms. The molecule has 116 valence electrons. The zero-order chi connectivity index (χ0) is 14.9. The van der Waals surface area contributed by atoms with Crippen LogP contribution in [0.15, 0.2) is 0 Å². The second kappa shape index (κ2) is 5.75. The Morgan fingerprint density at radius 1 is 1.43 bits per heavy atom. The third-order valence-electron chi connectivity index (χ3n) is 4.59. The first-order valence-electron chi connectivity index (χ1n) is 8.05. The molecule has 6 nitrogen and oxygen atoms in total. The number of carbonyl (C=O) groups excluding carboxylic acids is 1. The standard InChI is InChI=1S/C15H24N4O2/c1-2-12-17-14-11(6-5-9-19(14)18-12)16-13(20)10-15(21)7-3-4-8-15/h11,21H,2-10H2,1H3,(H,16,20). The Morgan fingerprint density at radius 2 is 2.19 bits per heavy atom. The van der Waals surface area contributed by atoms with E-state index in [0.29, 0.717) is 0 Å². The van der Waals surface area contributed by atoms with Crippen LogP contribution < -0.4 is 5.32 Å². The summed E-state index contributed by atoms with van der Waals surface area (Å²) in [6.45, 7) is 2.91.